The summed E-state index contributed by atoms with van der Waals surface area (Å²) in [7, 11) is -3.46. The van der Waals surface area contributed by atoms with E-state index in [0.29, 0.717) is 6.42 Å². The molecule has 0 saturated carbocycles. The molecule has 2 N–H and O–H groups in total. The molecule has 1 amide bonds. The average molecular weight is 621 g/mol. The monoisotopic (exact) mass is 619 g/mol. The smallest absolute Gasteiger partial charge is 0.242 e. The lowest BCUT2D eigenvalue weighted by molar-refractivity contribution is -0.118. The van der Waals surface area contributed by atoms with Gasteiger partial charge in [-0.05, 0) is 59.9 Å². The van der Waals surface area contributed by atoms with Crippen LogP contribution in [0.4, 0.5) is 14.5 Å². The first-order valence-corrected chi connectivity index (χ1v) is 15.4. The molecule has 1 heterocycles. The fraction of sp³-hybridized carbons (Fsp3) is 0.333. The van der Waals surface area contributed by atoms with E-state index >= 15 is 8.78 Å². The van der Waals surface area contributed by atoms with Crippen LogP contribution in [0.3, 0.4) is 0 Å². The van der Waals surface area contributed by atoms with Crippen LogP contribution in [0, 0.1) is 28.4 Å². The van der Waals surface area contributed by atoms with Gasteiger partial charge in [-0.25, -0.2) is 17.2 Å². The highest BCUT2D eigenvalue weighted by molar-refractivity contribution is 7.90. The molecule has 1 unspecified atom stereocenters. The van der Waals surface area contributed by atoms with Crippen molar-refractivity contribution >= 4 is 44.6 Å². The number of hydrogen-bond acceptors (Lipinski definition) is 5. The van der Waals surface area contributed by atoms with Gasteiger partial charge in [0.25, 0.3) is 0 Å². The van der Waals surface area contributed by atoms with E-state index in [1.54, 1.807) is 0 Å². The van der Waals surface area contributed by atoms with E-state index in [-0.39, 0.29) is 37.2 Å². The Kier molecular flexibility index (Phi) is 8.55. The lowest BCUT2D eigenvalue weighted by atomic mass is 9.62. The third-order valence-corrected chi connectivity index (χ3v) is 8.94. The molecule has 0 spiro atoms. The zero-order valence-corrected chi connectivity index (χ0v) is 25.1. The van der Waals surface area contributed by atoms with E-state index in [0.717, 1.165) is 12.3 Å². The highest BCUT2D eigenvalue weighted by Gasteiger charge is 2.61. The molecule has 1 saturated heterocycles. The summed E-state index contributed by atoms with van der Waals surface area (Å²) in [6.07, 6.45) is 1.40. The standard InChI is InChI=1S/C30H29Cl2F2N3O3S/c1-29(2,3)15-24-30(16-35,21-13-8-17(31)14-23(21)33)25(20-6-5-7-22(32)26(20)34)27(37-24)28(38)36-18-9-11-19(12-10-18)41(4,39)40/h5-14,24-25,27,37H,15H2,1-4H3,(H,36,38)/t24-,25?,27+,30-/m0/s1. The van der Waals surface area contributed by atoms with E-state index in [2.05, 4.69) is 16.7 Å². The maximum Gasteiger partial charge on any atom is 0.242 e. The number of nitrogens with zero attached hydrogens (tertiary/aromatic N) is 1. The fourth-order valence-corrected chi connectivity index (χ4v) is 6.53. The third-order valence-electron chi connectivity index (χ3n) is 7.28. The molecule has 3 aromatic rings. The van der Waals surface area contributed by atoms with E-state index in [1.165, 1.54) is 54.6 Å². The van der Waals surface area contributed by atoms with Crippen molar-refractivity contribution in [2.45, 2.75) is 55.5 Å². The van der Waals surface area contributed by atoms with Crippen molar-refractivity contribution in [3.8, 4) is 6.07 Å². The number of carbonyl (C=O) groups excluding carboxylic acids is 1. The van der Waals surface area contributed by atoms with Crippen molar-refractivity contribution in [1.82, 2.24) is 5.32 Å². The number of nitrogens with one attached hydrogen (secondary N) is 2. The van der Waals surface area contributed by atoms with Crippen molar-refractivity contribution in [3.63, 3.8) is 0 Å². The van der Waals surface area contributed by atoms with Gasteiger partial charge in [0.05, 0.1) is 22.0 Å². The number of hydrogen-bond donors (Lipinski definition) is 2. The van der Waals surface area contributed by atoms with Gasteiger partial charge >= 0.3 is 0 Å². The number of nitriles is 1. The third kappa shape index (κ3) is 6.12. The number of amides is 1. The van der Waals surface area contributed by atoms with Gasteiger partial charge in [-0.15, -0.1) is 0 Å². The molecule has 1 aliphatic heterocycles. The van der Waals surface area contributed by atoms with Gasteiger partial charge in [0.15, 0.2) is 9.84 Å². The van der Waals surface area contributed by atoms with Crippen molar-refractivity contribution in [1.29, 1.82) is 5.26 Å². The van der Waals surface area contributed by atoms with Gasteiger partial charge in [-0.2, -0.15) is 5.26 Å². The van der Waals surface area contributed by atoms with Crippen LogP contribution < -0.4 is 10.6 Å². The second-order valence-corrected chi connectivity index (χ2v) is 14.3. The minimum absolute atomic E-state index is 0.0233. The van der Waals surface area contributed by atoms with Crippen LogP contribution in [-0.4, -0.2) is 32.7 Å². The van der Waals surface area contributed by atoms with Crippen molar-refractivity contribution < 1.29 is 22.0 Å². The molecule has 11 heteroatoms. The number of rotatable bonds is 6. The molecule has 41 heavy (non-hydrogen) atoms. The van der Waals surface area contributed by atoms with E-state index in [9.17, 15) is 18.5 Å². The maximum absolute atomic E-state index is 15.7. The lowest BCUT2D eigenvalue weighted by Gasteiger charge is -2.37. The number of benzene rings is 3. The minimum Gasteiger partial charge on any atom is -0.325 e. The molecular weight excluding hydrogens is 591 g/mol. The van der Waals surface area contributed by atoms with Gasteiger partial charge in [-0.1, -0.05) is 62.2 Å². The summed E-state index contributed by atoms with van der Waals surface area (Å²) in [5.41, 5.74) is -1.90. The SMILES string of the molecule is CC(C)(C)C[C@@H]1N[C@@H](C(=O)Nc2ccc(S(C)(=O)=O)cc2)C(c2cccc(Cl)c2F)[C@@]1(C#N)c1ccc(Cl)cc1F. The summed E-state index contributed by atoms with van der Waals surface area (Å²) in [6, 6.07) is 14.1. The Bertz CT molecular complexity index is 1640. The molecule has 6 nitrogen and oxygen atoms in total. The lowest BCUT2D eigenvalue weighted by Crippen LogP contribution is -2.45. The Morgan fingerprint density at radius 3 is 2.32 bits per heavy atom. The molecule has 3 aromatic carbocycles. The molecule has 0 bridgehead atoms. The zero-order valence-electron chi connectivity index (χ0n) is 22.8. The molecule has 0 aliphatic carbocycles. The first-order valence-electron chi connectivity index (χ1n) is 12.8. The van der Waals surface area contributed by atoms with Crippen LogP contribution in [0.2, 0.25) is 10.0 Å². The molecule has 4 rings (SSSR count). The van der Waals surface area contributed by atoms with Gasteiger partial charge in [0.1, 0.15) is 17.0 Å². The number of halogens is 4. The van der Waals surface area contributed by atoms with Gasteiger partial charge < -0.3 is 10.6 Å². The zero-order chi connectivity index (χ0) is 30.3. The number of carbonyl (C=O) groups is 1. The van der Waals surface area contributed by atoms with Crippen molar-refractivity contribution in [2.75, 3.05) is 11.6 Å². The largest absolute Gasteiger partial charge is 0.325 e. The minimum atomic E-state index is -3.46. The Labute approximate surface area is 248 Å². The highest BCUT2D eigenvalue weighted by Crippen LogP contribution is 2.52. The van der Waals surface area contributed by atoms with E-state index in [4.69, 9.17) is 23.2 Å². The van der Waals surface area contributed by atoms with Crippen LogP contribution in [-0.2, 0) is 20.0 Å². The first-order chi connectivity index (χ1) is 19.1. The second kappa shape index (κ2) is 11.3. The van der Waals surface area contributed by atoms with Gasteiger partial charge in [0, 0.05) is 34.5 Å². The van der Waals surface area contributed by atoms with Gasteiger partial charge in [0.2, 0.25) is 5.91 Å². The summed E-state index contributed by atoms with van der Waals surface area (Å²) in [5, 5.41) is 16.8. The Balaban J connectivity index is 1.92. The van der Waals surface area contributed by atoms with Crippen molar-refractivity contribution in [2.24, 2.45) is 5.41 Å². The molecule has 1 fully saturated rings. The molecule has 0 aromatic heterocycles. The van der Waals surface area contributed by atoms with Gasteiger partial charge in [-0.3, -0.25) is 4.79 Å². The fourth-order valence-electron chi connectivity index (χ4n) is 5.56. The van der Waals surface area contributed by atoms with Crippen LogP contribution in [0.15, 0.2) is 65.6 Å². The topological polar surface area (TPSA) is 99.1 Å². The van der Waals surface area contributed by atoms with E-state index in [1.807, 2.05) is 20.8 Å². The van der Waals surface area contributed by atoms with Crippen LogP contribution in [0.25, 0.3) is 0 Å². The Hall–Kier alpha value is -3.03. The Morgan fingerprint density at radius 1 is 1.10 bits per heavy atom. The van der Waals surface area contributed by atoms with Crippen LogP contribution >= 0.6 is 23.2 Å². The molecule has 4 atom stereocenters. The summed E-state index contributed by atoms with van der Waals surface area (Å²) in [6.45, 7) is 5.84. The maximum atomic E-state index is 15.7. The molecule has 216 valence electrons. The second-order valence-electron chi connectivity index (χ2n) is 11.5. The number of anilines is 1. The van der Waals surface area contributed by atoms with Crippen molar-refractivity contribution in [3.05, 3.63) is 93.5 Å². The van der Waals surface area contributed by atoms with Crippen LogP contribution in [0.5, 0.6) is 0 Å². The normalized spacial score (nSPS) is 22.8. The predicted molar refractivity (Wildman–Crippen MR) is 156 cm³/mol. The molecular formula is C30H29Cl2F2N3O3S. The summed E-state index contributed by atoms with van der Waals surface area (Å²) in [5.74, 6) is -3.41. The van der Waals surface area contributed by atoms with Crippen LogP contribution in [0.1, 0.15) is 44.2 Å². The van der Waals surface area contributed by atoms with E-state index < -0.39 is 50.8 Å². The summed E-state index contributed by atoms with van der Waals surface area (Å²) in [4.78, 5) is 14.0. The highest BCUT2D eigenvalue weighted by atomic mass is 35.5. The average Bonchev–Trinajstić information content (AvgIpc) is 3.18. The number of sulfone groups is 1. The summed E-state index contributed by atoms with van der Waals surface area (Å²) < 4.78 is 55.1. The summed E-state index contributed by atoms with van der Waals surface area (Å²) >= 11 is 12.2. The quantitative estimate of drug-likeness (QED) is 0.322. The molecule has 1 aliphatic rings. The molecule has 0 radical (unpaired) electrons. The Morgan fingerprint density at radius 2 is 1.76 bits per heavy atom. The predicted octanol–water partition coefficient (Wildman–Crippen LogP) is 6.64. The first kappa shape index (κ1) is 30.9.